The highest BCUT2D eigenvalue weighted by molar-refractivity contribution is 7.99. The van der Waals surface area contributed by atoms with Crippen molar-refractivity contribution in [2.45, 2.75) is 50.9 Å². The molecule has 0 saturated carbocycles. The van der Waals surface area contributed by atoms with E-state index in [1.165, 1.54) is 34.3 Å². The van der Waals surface area contributed by atoms with Gasteiger partial charge in [0, 0.05) is 18.0 Å². The van der Waals surface area contributed by atoms with Crippen LogP contribution in [0.1, 0.15) is 35.8 Å². The molecule has 152 valence electrons. The summed E-state index contributed by atoms with van der Waals surface area (Å²) in [7, 11) is 0. The zero-order valence-electron chi connectivity index (χ0n) is 16.2. The number of nitrogens with zero attached hydrogens (tertiary/aromatic N) is 2. The molecule has 1 aromatic carbocycles. The zero-order chi connectivity index (χ0) is 20.4. The zero-order valence-corrected chi connectivity index (χ0v) is 17.8. The topological polar surface area (TPSA) is 64.0 Å². The summed E-state index contributed by atoms with van der Waals surface area (Å²) in [5, 5.41) is 4.21. The minimum absolute atomic E-state index is 0.0190. The van der Waals surface area contributed by atoms with Crippen LogP contribution in [0.4, 0.5) is 4.39 Å². The van der Waals surface area contributed by atoms with Crippen molar-refractivity contribution in [3.05, 3.63) is 56.4 Å². The van der Waals surface area contributed by atoms with Crippen molar-refractivity contribution in [1.82, 2.24) is 14.9 Å². The average Bonchev–Trinajstić information content (AvgIpc) is 3.29. The first-order valence-electron chi connectivity index (χ1n) is 9.76. The fraction of sp³-hybridized carbons (Fsp3) is 0.381. The number of nitrogens with one attached hydrogen (secondary N) is 1. The smallest absolute Gasteiger partial charge is 0.263 e. The van der Waals surface area contributed by atoms with E-state index in [0.717, 1.165) is 41.5 Å². The van der Waals surface area contributed by atoms with Crippen LogP contribution in [0, 0.1) is 5.82 Å². The Morgan fingerprint density at radius 1 is 1.31 bits per heavy atom. The van der Waals surface area contributed by atoms with Gasteiger partial charge in [-0.2, -0.15) is 0 Å². The number of hydrogen-bond acceptors (Lipinski definition) is 5. The Labute approximate surface area is 176 Å². The number of thioether (sulfide) groups is 1. The molecule has 0 fully saturated rings. The molecule has 0 aliphatic heterocycles. The monoisotopic (exact) mass is 431 g/mol. The number of carbonyl (C=O) groups is 1. The van der Waals surface area contributed by atoms with Gasteiger partial charge in [0.25, 0.3) is 5.56 Å². The molecule has 2 heterocycles. The second kappa shape index (κ2) is 8.67. The maximum Gasteiger partial charge on any atom is 0.263 e. The fourth-order valence-electron chi connectivity index (χ4n) is 3.57. The number of benzene rings is 1. The number of aryl methyl sites for hydroxylation is 2. The van der Waals surface area contributed by atoms with Gasteiger partial charge >= 0.3 is 0 Å². The molecule has 29 heavy (non-hydrogen) atoms. The van der Waals surface area contributed by atoms with Gasteiger partial charge in [-0.25, -0.2) is 9.37 Å². The molecule has 0 bridgehead atoms. The van der Waals surface area contributed by atoms with Gasteiger partial charge in [-0.3, -0.25) is 14.2 Å². The largest absolute Gasteiger partial charge is 0.351 e. The Morgan fingerprint density at radius 3 is 2.86 bits per heavy atom. The molecule has 3 aromatic rings. The second-order valence-corrected chi connectivity index (χ2v) is 9.11. The number of fused-ring (bicyclic) bond motifs is 3. The lowest BCUT2D eigenvalue weighted by molar-refractivity contribution is -0.118. The number of halogens is 1. The second-order valence-electron chi connectivity index (χ2n) is 7.08. The highest BCUT2D eigenvalue weighted by Crippen LogP contribution is 2.35. The molecule has 1 aliphatic carbocycles. The molecule has 1 amide bonds. The van der Waals surface area contributed by atoms with Crippen LogP contribution in [0.15, 0.2) is 34.2 Å². The summed E-state index contributed by atoms with van der Waals surface area (Å²) >= 11 is 2.90. The normalized spacial score (nSPS) is 13.0. The standard InChI is InChI=1S/C21H22FN3O2S2/c1-2-10-25-20(27)18-15-4-3-5-16(15)29-19(18)24-21(25)28-12-17(26)23-11-13-6-8-14(22)9-7-13/h6-9H,2-5,10-12H2,1H3,(H,23,26). The van der Waals surface area contributed by atoms with Gasteiger partial charge in [-0.15, -0.1) is 11.3 Å². The molecule has 4 rings (SSSR count). The number of carbonyl (C=O) groups excluding carboxylic acids is 1. The van der Waals surface area contributed by atoms with Crippen LogP contribution in [-0.4, -0.2) is 21.2 Å². The van der Waals surface area contributed by atoms with Gasteiger partial charge in [0.2, 0.25) is 5.91 Å². The average molecular weight is 432 g/mol. The molecule has 2 aromatic heterocycles. The van der Waals surface area contributed by atoms with Gasteiger partial charge < -0.3 is 5.32 Å². The molecule has 0 radical (unpaired) electrons. The molecule has 0 atom stereocenters. The number of thiophene rings is 1. The van der Waals surface area contributed by atoms with Crippen LogP contribution in [0.25, 0.3) is 10.2 Å². The van der Waals surface area contributed by atoms with Crippen LogP contribution < -0.4 is 10.9 Å². The molecule has 0 unspecified atom stereocenters. The molecular weight excluding hydrogens is 409 g/mol. The van der Waals surface area contributed by atoms with E-state index in [9.17, 15) is 14.0 Å². The maximum absolute atomic E-state index is 13.1. The SMILES string of the molecule is CCCn1c(SCC(=O)NCc2ccc(F)cc2)nc2sc3c(c2c1=O)CCC3. The van der Waals surface area contributed by atoms with Crippen LogP contribution in [0.2, 0.25) is 0 Å². The van der Waals surface area contributed by atoms with Crippen molar-refractivity contribution < 1.29 is 9.18 Å². The van der Waals surface area contributed by atoms with E-state index < -0.39 is 0 Å². The predicted molar refractivity (Wildman–Crippen MR) is 115 cm³/mol. The van der Waals surface area contributed by atoms with Crippen molar-refractivity contribution in [2.24, 2.45) is 0 Å². The lowest BCUT2D eigenvalue weighted by Gasteiger charge is -2.11. The Bertz CT molecular complexity index is 1110. The lowest BCUT2D eigenvalue weighted by Crippen LogP contribution is -2.26. The van der Waals surface area contributed by atoms with E-state index in [-0.39, 0.29) is 23.0 Å². The first-order valence-corrected chi connectivity index (χ1v) is 11.6. The van der Waals surface area contributed by atoms with Crippen molar-refractivity contribution in [3.63, 3.8) is 0 Å². The molecule has 0 spiro atoms. The van der Waals surface area contributed by atoms with Gasteiger partial charge in [-0.05, 0) is 48.9 Å². The fourth-order valence-corrected chi connectivity index (χ4v) is 5.73. The van der Waals surface area contributed by atoms with Crippen LogP contribution in [-0.2, 0) is 30.7 Å². The number of hydrogen-bond donors (Lipinski definition) is 1. The summed E-state index contributed by atoms with van der Waals surface area (Å²) in [5.74, 6) is -0.274. The van der Waals surface area contributed by atoms with E-state index in [1.54, 1.807) is 28.0 Å². The highest BCUT2D eigenvalue weighted by atomic mass is 32.2. The van der Waals surface area contributed by atoms with Crippen LogP contribution >= 0.6 is 23.1 Å². The summed E-state index contributed by atoms with van der Waals surface area (Å²) < 4.78 is 14.7. The maximum atomic E-state index is 13.1. The number of amides is 1. The minimum Gasteiger partial charge on any atom is -0.351 e. The van der Waals surface area contributed by atoms with E-state index in [2.05, 4.69) is 5.32 Å². The van der Waals surface area contributed by atoms with Crippen LogP contribution in [0.5, 0.6) is 0 Å². The molecule has 1 aliphatic rings. The Hall–Kier alpha value is -2.19. The van der Waals surface area contributed by atoms with Crippen molar-refractivity contribution in [3.8, 4) is 0 Å². The summed E-state index contributed by atoms with van der Waals surface area (Å²) in [4.78, 5) is 32.2. The summed E-state index contributed by atoms with van der Waals surface area (Å²) in [5.41, 5.74) is 2.03. The van der Waals surface area contributed by atoms with E-state index in [0.29, 0.717) is 18.2 Å². The third kappa shape index (κ3) is 4.23. The van der Waals surface area contributed by atoms with E-state index >= 15 is 0 Å². The first-order chi connectivity index (χ1) is 14.1. The Balaban J connectivity index is 1.49. The Kier molecular flexibility index (Phi) is 6.01. The summed E-state index contributed by atoms with van der Waals surface area (Å²) in [6.45, 7) is 2.95. The molecule has 5 nitrogen and oxygen atoms in total. The Morgan fingerprint density at radius 2 is 2.10 bits per heavy atom. The van der Waals surface area contributed by atoms with Gasteiger partial charge in [0.15, 0.2) is 5.16 Å². The lowest BCUT2D eigenvalue weighted by atomic mass is 10.2. The van der Waals surface area contributed by atoms with Crippen molar-refractivity contribution in [2.75, 3.05) is 5.75 Å². The van der Waals surface area contributed by atoms with Gasteiger partial charge in [-0.1, -0.05) is 30.8 Å². The van der Waals surface area contributed by atoms with Crippen LogP contribution in [0.3, 0.4) is 0 Å². The minimum atomic E-state index is -0.300. The highest BCUT2D eigenvalue weighted by Gasteiger charge is 2.23. The molecule has 8 heteroatoms. The number of aromatic nitrogens is 2. The van der Waals surface area contributed by atoms with E-state index in [4.69, 9.17) is 4.98 Å². The predicted octanol–water partition coefficient (Wildman–Crippen LogP) is 3.90. The number of rotatable bonds is 7. The molecule has 0 saturated heterocycles. The van der Waals surface area contributed by atoms with E-state index in [1.807, 2.05) is 6.92 Å². The quantitative estimate of drug-likeness (QED) is 0.455. The third-order valence-corrected chi connectivity index (χ3v) is 7.13. The van der Waals surface area contributed by atoms with Crippen molar-refractivity contribution in [1.29, 1.82) is 0 Å². The van der Waals surface area contributed by atoms with Crippen molar-refractivity contribution >= 4 is 39.2 Å². The van der Waals surface area contributed by atoms with Gasteiger partial charge in [0.05, 0.1) is 11.1 Å². The summed E-state index contributed by atoms with van der Waals surface area (Å²) in [6.07, 6.45) is 3.91. The first kappa shape index (κ1) is 20.1. The van der Waals surface area contributed by atoms with Gasteiger partial charge in [0.1, 0.15) is 10.6 Å². The molecule has 1 N–H and O–H groups in total. The summed E-state index contributed by atoms with van der Waals surface area (Å²) in [6, 6.07) is 6.04. The molecular formula is C21H22FN3O2S2. The third-order valence-electron chi connectivity index (χ3n) is 4.97.